The minimum absolute atomic E-state index is 0.0522. The molecule has 0 aliphatic rings. The molecule has 1 aromatic heterocycles. The predicted molar refractivity (Wildman–Crippen MR) is 79.6 cm³/mol. The summed E-state index contributed by atoms with van der Waals surface area (Å²) in [5.41, 5.74) is 7.09. The Morgan fingerprint density at radius 1 is 1.42 bits per heavy atom. The summed E-state index contributed by atoms with van der Waals surface area (Å²) in [7, 11) is -4.26. The molecule has 8 heteroatoms. The molecular weight excluding hydrogens is 304 g/mol. The van der Waals surface area contributed by atoms with Crippen molar-refractivity contribution >= 4 is 47.9 Å². The highest BCUT2D eigenvalue weighted by atomic mass is 32.2. The topological polar surface area (TPSA) is 90.1 Å². The van der Waals surface area contributed by atoms with Gasteiger partial charge in [-0.15, -0.1) is 11.3 Å². The zero-order chi connectivity index (χ0) is 14.0. The van der Waals surface area contributed by atoms with Crippen LogP contribution in [0.2, 0.25) is 0 Å². The molecular formula is C11H14N2O3S3. The third-order valence-electron chi connectivity index (χ3n) is 2.43. The fourth-order valence-electron chi connectivity index (χ4n) is 1.56. The molecule has 1 heterocycles. The van der Waals surface area contributed by atoms with Crippen LogP contribution in [0.1, 0.15) is 6.42 Å². The fraction of sp³-hybridized carbons (Fsp3) is 0.364. The maximum atomic E-state index is 12.0. The Kier molecular flexibility index (Phi) is 4.22. The summed E-state index contributed by atoms with van der Waals surface area (Å²) in [4.78, 5) is 4.28. The van der Waals surface area contributed by atoms with Gasteiger partial charge >= 0.3 is 0 Å². The first-order chi connectivity index (χ1) is 8.85. The molecule has 19 heavy (non-hydrogen) atoms. The van der Waals surface area contributed by atoms with Crippen LogP contribution in [0.3, 0.4) is 0 Å². The lowest BCUT2D eigenvalue weighted by molar-refractivity contribution is 0.600. The summed E-state index contributed by atoms with van der Waals surface area (Å²) >= 11 is 1.34. The number of hydrogen-bond donors (Lipinski definition) is 1. The number of fused-ring (bicyclic) bond motifs is 1. The van der Waals surface area contributed by atoms with Crippen LogP contribution in [0.15, 0.2) is 22.5 Å². The average molecular weight is 318 g/mol. The van der Waals surface area contributed by atoms with E-state index in [-0.39, 0.29) is 5.75 Å². The van der Waals surface area contributed by atoms with Crippen molar-refractivity contribution in [2.45, 2.75) is 10.8 Å². The van der Waals surface area contributed by atoms with Crippen molar-refractivity contribution in [3.8, 4) is 0 Å². The zero-order valence-electron chi connectivity index (χ0n) is 10.3. The first kappa shape index (κ1) is 14.4. The van der Waals surface area contributed by atoms with E-state index in [1.165, 1.54) is 17.6 Å². The van der Waals surface area contributed by atoms with Crippen LogP contribution >= 0.6 is 11.3 Å². The van der Waals surface area contributed by atoms with Gasteiger partial charge in [-0.05, 0) is 24.6 Å². The minimum Gasteiger partial charge on any atom is -0.399 e. The van der Waals surface area contributed by atoms with Crippen molar-refractivity contribution in [1.29, 1.82) is 0 Å². The molecule has 1 aromatic carbocycles. The molecule has 0 spiro atoms. The molecule has 104 valence electrons. The Balaban J connectivity index is 2.09. The van der Waals surface area contributed by atoms with Crippen LogP contribution in [0.25, 0.3) is 10.2 Å². The van der Waals surface area contributed by atoms with Gasteiger partial charge in [0.2, 0.25) is 0 Å². The van der Waals surface area contributed by atoms with Crippen molar-refractivity contribution in [2.75, 3.05) is 23.5 Å². The lowest BCUT2D eigenvalue weighted by atomic mass is 10.3. The van der Waals surface area contributed by atoms with Crippen LogP contribution in [0.4, 0.5) is 5.69 Å². The number of nitrogens with zero attached hydrogens (tertiary/aromatic N) is 1. The normalized spacial score (nSPS) is 13.7. The van der Waals surface area contributed by atoms with Gasteiger partial charge in [-0.25, -0.2) is 13.4 Å². The first-order valence-electron chi connectivity index (χ1n) is 5.57. The quantitative estimate of drug-likeness (QED) is 0.842. The Morgan fingerprint density at radius 3 is 2.84 bits per heavy atom. The van der Waals surface area contributed by atoms with Gasteiger partial charge in [-0.1, -0.05) is 0 Å². The number of hydrogen-bond acceptors (Lipinski definition) is 6. The Labute approximate surface area is 118 Å². The van der Waals surface area contributed by atoms with Gasteiger partial charge in [0.15, 0.2) is 4.34 Å². The summed E-state index contributed by atoms with van der Waals surface area (Å²) in [6.45, 7) is 0. The van der Waals surface area contributed by atoms with Crippen molar-refractivity contribution in [2.24, 2.45) is 0 Å². The number of anilines is 1. The monoisotopic (exact) mass is 318 g/mol. The number of thiazole rings is 1. The largest absolute Gasteiger partial charge is 0.399 e. The maximum absolute atomic E-state index is 12.0. The molecule has 0 aliphatic heterocycles. The van der Waals surface area contributed by atoms with E-state index in [9.17, 15) is 12.6 Å². The highest BCUT2D eigenvalue weighted by Gasteiger charge is 2.12. The van der Waals surface area contributed by atoms with Crippen LogP contribution in [-0.2, 0) is 20.6 Å². The van der Waals surface area contributed by atoms with E-state index in [4.69, 9.17) is 5.73 Å². The SMILES string of the molecule is CS(=O)(=O)CCCS(=O)c1nc2ccc(N)cc2s1. The highest BCUT2D eigenvalue weighted by molar-refractivity contribution is 7.90. The second-order valence-corrected chi connectivity index (χ2v) is 9.27. The summed E-state index contributed by atoms with van der Waals surface area (Å²) in [6.07, 6.45) is 1.56. The number of aromatic nitrogens is 1. The van der Waals surface area contributed by atoms with E-state index in [2.05, 4.69) is 4.98 Å². The average Bonchev–Trinajstić information content (AvgIpc) is 2.70. The number of nitrogens with two attached hydrogens (primary N) is 1. The van der Waals surface area contributed by atoms with Crippen molar-refractivity contribution in [3.05, 3.63) is 18.2 Å². The summed E-state index contributed by atoms with van der Waals surface area (Å²) in [5.74, 6) is 0.360. The van der Waals surface area contributed by atoms with E-state index in [1.807, 2.05) is 0 Å². The zero-order valence-corrected chi connectivity index (χ0v) is 12.8. The molecule has 0 saturated heterocycles. The van der Waals surface area contributed by atoms with Crippen molar-refractivity contribution in [3.63, 3.8) is 0 Å². The van der Waals surface area contributed by atoms with Crippen LogP contribution < -0.4 is 5.73 Å². The lowest BCUT2D eigenvalue weighted by Gasteiger charge is -1.97. The van der Waals surface area contributed by atoms with Gasteiger partial charge in [0.1, 0.15) is 9.84 Å². The van der Waals surface area contributed by atoms with Crippen LogP contribution in [0.5, 0.6) is 0 Å². The molecule has 0 radical (unpaired) electrons. The maximum Gasteiger partial charge on any atom is 0.181 e. The summed E-state index contributed by atoms with van der Waals surface area (Å²) in [6, 6.07) is 5.33. The molecule has 0 bridgehead atoms. The summed E-state index contributed by atoms with van der Waals surface area (Å²) < 4.78 is 35.4. The smallest absolute Gasteiger partial charge is 0.181 e. The molecule has 5 nitrogen and oxygen atoms in total. The number of nitrogen functional groups attached to an aromatic ring is 1. The van der Waals surface area contributed by atoms with Gasteiger partial charge in [-0.3, -0.25) is 4.21 Å². The second kappa shape index (κ2) is 5.56. The molecule has 1 atom stereocenters. The molecule has 2 N–H and O–H groups in total. The predicted octanol–water partition coefficient (Wildman–Crippen LogP) is 1.42. The highest BCUT2D eigenvalue weighted by Crippen LogP contribution is 2.26. The van der Waals surface area contributed by atoms with Gasteiger partial charge in [0.05, 0.1) is 26.8 Å². The number of rotatable bonds is 5. The lowest BCUT2D eigenvalue weighted by Crippen LogP contribution is -2.07. The Bertz CT molecular complexity index is 722. The molecule has 1 unspecified atom stereocenters. The van der Waals surface area contributed by atoms with E-state index >= 15 is 0 Å². The molecule has 0 aliphatic carbocycles. The minimum atomic E-state index is -3.00. The third-order valence-corrected chi connectivity index (χ3v) is 6.22. The Hall–Kier alpha value is -0.990. The summed E-state index contributed by atoms with van der Waals surface area (Å²) in [5, 5.41) is 0. The molecule has 2 aromatic rings. The van der Waals surface area contributed by atoms with E-state index in [0.29, 0.717) is 22.2 Å². The van der Waals surface area contributed by atoms with E-state index in [0.717, 1.165) is 10.2 Å². The Morgan fingerprint density at radius 2 is 2.16 bits per heavy atom. The number of sulfone groups is 1. The second-order valence-electron chi connectivity index (χ2n) is 4.24. The van der Waals surface area contributed by atoms with Crippen molar-refractivity contribution < 1.29 is 12.6 Å². The molecule has 0 fully saturated rings. The fourth-order valence-corrected chi connectivity index (χ4v) is 4.83. The van der Waals surface area contributed by atoms with Gasteiger partial charge in [0, 0.05) is 17.7 Å². The van der Waals surface area contributed by atoms with Crippen LogP contribution in [0, 0.1) is 0 Å². The molecule has 2 rings (SSSR count). The van der Waals surface area contributed by atoms with Crippen molar-refractivity contribution in [1.82, 2.24) is 4.98 Å². The van der Waals surface area contributed by atoms with E-state index < -0.39 is 20.6 Å². The van der Waals surface area contributed by atoms with Crippen LogP contribution in [-0.4, -0.2) is 35.4 Å². The molecule has 0 amide bonds. The van der Waals surface area contributed by atoms with Gasteiger partial charge < -0.3 is 5.73 Å². The first-order valence-corrected chi connectivity index (χ1v) is 9.77. The van der Waals surface area contributed by atoms with Gasteiger partial charge in [0.25, 0.3) is 0 Å². The molecule has 0 saturated carbocycles. The third kappa shape index (κ3) is 3.99. The van der Waals surface area contributed by atoms with E-state index in [1.54, 1.807) is 18.2 Å². The van der Waals surface area contributed by atoms with Gasteiger partial charge in [-0.2, -0.15) is 0 Å². The number of benzene rings is 1. The standard InChI is InChI=1S/C11H14N2O3S3/c1-19(15,16)6-2-5-18(14)11-13-9-4-3-8(12)7-10(9)17-11/h3-4,7H,2,5-6,12H2,1H3.